The molecular weight excluding hydrogens is 324 g/mol. The molecule has 2 aromatic rings. The van der Waals surface area contributed by atoms with Crippen LogP contribution in [0.15, 0.2) is 24.3 Å². The number of piperidine rings is 1. The van der Waals surface area contributed by atoms with Crippen molar-refractivity contribution in [2.24, 2.45) is 11.7 Å². The van der Waals surface area contributed by atoms with Crippen LogP contribution in [0, 0.1) is 5.92 Å². The van der Waals surface area contributed by atoms with Crippen LogP contribution in [0.2, 0.25) is 0 Å². The van der Waals surface area contributed by atoms with Gasteiger partial charge < -0.3 is 15.4 Å². The largest absolute Gasteiger partial charge is 0.469 e. The molecule has 132 valence electrons. The molecule has 1 amide bonds. The van der Waals surface area contributed by atoms with Crippen molar-refractivity contribution >= 4 is 17.8 Å². The molecule has 3 rings (SSSR count). The number of methoxy groups -OCH3 is 1. The third-order valence-corrected chi connectivity index (χ3v) is 4.40. The molecule has 0 bridgehead atoms. The summed E-state index contributed by atoms with van der Waals surface area (Å²) in [5.74, 6) is -0.00820. The standard InChI is InChI=1S/C16H20N6O3/c1-25-15(24)13-6-8-21(9-7-13)16-18-19-20-22(16)10-11-2-4-12(5-3-11)14(17)23/h2-5,13H,6-10H2,1H3,(H2,17,23). The number of anilines is 1. The van der Waals surface area contributed by atoms with E-state index < -0.39 is 5.91 Å². The van der Waals surface area contributed by atoms with Crippen LogP contribution in [0.25, 0.3) is 0 Å². The molecule has 0 saturated carbocycles. The molecular formula is C16H20N6O3. The van der Waals surface area contributed by atoms with Crippen LogP contribution >= 0.6 is 0 Å². The first-order valence-electron chi connectivity index (χ1n) is 8.06. The Morgan fingerprint density at radius 1 is 1.24 bits per heavy atom. The van der Waals surface area contributed by atoms with Gasteiger partial charge in [0.1, 0.15) is 0 Å². The smallest absolute Gasteiger partial charge is 0.308 e. The third-order valence-electron chi connectivity index (χ3n) is 4.40. The van der Waals surface area contributed by atoms with E-state index in [0.29, 0.717) is 44.0 Å². The van der Waals surface area contributed by atoms with Gasteiger partial charge in [0, 0.05) is 18.7 Å². The first-order chi connectivity index (χ1) is 12.1. The topological polar surface area (TPSA) is 116 Å². The number of hydrogen-bond acceptors (Lipinski definition) is 7. The Balaban J connectivity index is 1.67. The molecule has 1 aliphatic rings. The summed E-state index contributed by atoms with van der Waals surface area (Å²) in [6.07, 6.45) is 1.43. The van der Waals surface area contributed by atoms with Crippen molar-refractivity contribution in [3.63, 3.8) is 0 Å². The van der Waals surface area contributed by atoms with Gasteiger partial charge in [0.25, 0.3) is 0 Å². The van der Waals surface area contributed by atoms with Crippen LogP contribution in [0.5, 0.6) is 0 Å². The highest BCUT2D eigenvalue weighted by Gasteiger charge is 2.28. The molecule has 25 heavy (non-hydrogen) atoms. The van der Waals surface area contributed by atoms with Gasteiger partial charge in [-0.15, -0.1) is 0 Å². The van der Waals surface area contributed by atoms with E-state index in [-0.39, 0.29) is 11.9 Å². The lowest BCUT2D eigenvalue weighted by Crippen LogP contribution is -2.38. The normalized spacial score (nSPS) is 15.2. The van der Waals surface area contributed by atoms with E-state index in [0.717, 1.165) is 5.56 Å². The summed E-state index contributed by atoms with van der Waals surface area (Å²) in [5, 5.41) is 11.9. The van der Waals surface area contributed by atoms with E-state index in [9.17, 15) is 9.59 Å². The van der Waals surface area contributed by atoms with Gasteiger partial charge in [-0.1, -0.05) is 17.2 Å². The number of tetrazole rings is 1. The quantitative estimate of drug-likeness (QED) is 0.771. The summed E-state index contributed by atoms with van der Waals surface area (Å²) in [5.41, 5.74) is 6.67. The molecule has 0 atom stereocenters. The number of benzene rings is 1. The van der Waals surface area contributed by atoms with Crippen LogP contribution in [-0.2, 0) is 16.1 Å². The Labute approximate surface area is 144 Å². The SMILES string of the molecule is COC(=O)C1CCN(c2nnnn2Cc2ccc(C(N)=O)cc2)CC1. The van der Waals surface area contributed by atoms with Gasteiger partial charge in [-0.3, -0.25) is 9.59 Å². The molecule has 9 nitrogen and oxygen atoms in total. The number of amides is 1. The van der Waals surface area contributed by atoms with E-state index >= 15 is 0 Å². The van der Waals surface area contributed by atoms with Gasteiger partial charge in [-0.25, -0.2) is 4.68 Å². The highest BCUT2D eigenvalue weighted by Crippen LogP contribution is 2.22. The third kappa shape index (κ3) is 3.76. The molecule has 1 fully saturated rings. The number of rotatable bonds is 5. The fourth-order valence-electron chi connectivity index (χ4n) is 2.96. The van der Waals surface area contributed by atoms with Crippen molar-refractivity contribution in [2.45, 2.75) is 19.4 Å². The van der Waals surface area contributed by atoms with E-state index in [1.165, 1.54) is 7.11 Å². The number of nitrogens with two attached hydrogens (primary N) is 1. The zero-order valence-corrected chi connectivity index (χ0v) is 14.0. The molecule has 1 aliphatic heterocycles. The average Bonchev–Trinajstić information content (AvgIpc) is 3.09. The van der Waals surface area contributed by atoms with Crippen LogP contribution < -0.4 is 10.6 Å². The molecule has 0 spiro atoms. The van der Waals surface area contributed by atoms with E-state index in [2.05, 4.69) is 20.4 Å². The summed E-state index contributed by atoms with van der Waals surface area (Å²) < 4.78 is 6.52. The highest BCUT2D eigenvalue weighted by molar-refractivity contribution is 5.92. The number of carbonyl (C=O) groups excluding carboxylic acids is 2. The Bertz CT molecular complexity index is 749. The van der Waals surface area contributed by atoms with E-state index in [4.69, 9.17) is 10.5 Å². The first-order valence-corrected chi connectivity index (χ1v) is 8.06. The second kappa shape index (κ2) is 7.29. The summed E-state index contributed by atoms with van der Waals surface area (Å²) in [6, 6.07) is 7.02. The molecule has 0 unspecified atom stereocenters. The minimum atomic E-state index is -0.455. The van der Waals surface area contributed by atoms with Gasteiger partial charge >= 0.3 is 5.97 Å². The zero-order chi connectivity index (χ0) is 17.8. The van der Waals surface area contributed by atoms with Crippen LogP contribution in [0.3, 0.4) is 0 Å². The molecule has 2 N–H and O–H groups in total. The van der Waals surface area contributed by atoms with Crippen molar-refractivity contribution in [1.82, 2.24) is 20.2 Å². The molecule has 1 aromatic heterocycles. The van der Waals surface area contributed by atoms with Gasteiger partial charge in [-0.05, 0) is 41.0 Å². The van der Waals surface area contributed by atoms with E-state index in [1.807, 2.05) is 12.1 Å². The summed E-state index contributed by atoms with van der Waals surface area (Å²) >= 11 is 0. The fourth-order valence-corrected chi connectivity index (χ4v) is 2.96. The van der Waals surface area contributed by atoms with Gasteiger partial charge in [0.05, 0.1) is 19.6 Å². The van der Waals surface area contributed by atoms with Crippen molar-refractivity contribution in [3.05, 3.63) is 35.4 Å². The summed E-state index contributed by atoms with van der Waals surface area (Å²) in [6.45, 7) is 1.87. The Kier molecular flexibility index (Phi) is 4.92. The van der Waals surface area contributed by atoms with Crippen molar-refractivity contribution in [1.29, 1.82) is 0 Å². The fraction of sp³-hybridized carbons (Fsp3) is 0.438. The Morgan fingerprint density at radius 3 is 2.52 bits per heavy atom. The van der Waals surface area contributed by atoms with Gasteiger partial charge in [0.2, 0.25) is 11.9 Å². The maximum absolute atomic E-state index is 11.6. The number of carbonyl (C=O) groups is 2. The molecule has 1 aromatic carbocycles. The summed E-state index contributed by atoms with van der Waals surface area (Å²) in [4.78, 5) is 24.8. The summed E-state index contributed by atoms with van der Waals surface area (Å²) in [7, 11) is 1.42. The minimum absolute atomic E-state index is 0.0630. The maximum Gasteiger partial charge on any atom is 0.308 e. The lowest BCUT2D eigenvalue weighted by atomic mass is 9.97. The number of esters is 1. The van der Waals surface area contributed by atoms with Crippen LogP contribution in [0.1, 0.15) is 28.8 Å². The van der Waals surface area contributed by atoms with Crippen molar-refractivity contribution < 1.29 is 14.3 Å². The van der Waals surface area contributed by atoms with Gasteiger partial charge in [-0.2, -0.15) is 0 Å². The number of hydrogen-bond donors (Lipinski definition) is 1. The predicted molar refractivity (Wildman–Crippen MR) is 88.8 cm³/mol. The molecule has 2 heterocycles. The van der Waals surface area contributed by atoms with Gasteiger partial charge in [0.15, 0.2) is 0 Å². The lowest BCUT2D eigenvalue weighted by Gasteiger charge is -2.30. The average molecular weight is 344 g/mol. The van der Waals surface area contributed by atoms with Crippen molar-refractivity contribution in [3.8, 4) is 0 Å². The number of nitrogens with zero attached hydrogens (tertiary/aromatic N) is 5. The van der Waals surface area contributed by atoms with Crippen LogP contribution in [-0.4, -0.2) is 52.3 Å². The number of primary amides is 1. The minimum Gasteiger partial charge on any atom is -0.469 e. The first kappa shape index (κ1) is 16.9. The van der Waals surface area contributed by atoms with Crippen molar-refractivity contribution in [2.75, 3.05) is 25.1 Å². The molecule has 0 radical (unpaired) electrons. The van der Waals surface area contributed by atoms with Crippen LogP contribution in [0.4, 0.5) is 5.95 Å². The molecule has 9 heteroatoms. The second-order valence-corrected chi connectivity index (χ2v) is 5.98. The highest BCUT2D eigenvalue weighted by atomic mass is 16.5. The maximum atomic E-state index is 11.6. The Hall–Kier alpha value is -2.97. The number of ether oxygens (including phenoxy) is 1. The monoisotopic (exact) mass is 344 g/mol. The second-order valence-electron chi connectivity index (χ2n) is 5.98. The molecule has 1 saturated heterocycles. The zero-order valence-electron chi connectivity index (χ0n) is 14.0. The number of aromatic nitrogens is 4. The lowest BCUT2D eigenvalue weighted by molar-refractivity contribution is -0.146. The predicted octanol–water partition coefficient (Wildman–Crippen LogP) is 0.210. The Morgan fingerprint density at radius 2 is 1.92 bits per heavy atom. The molecule has 0 aliphatic carbocycles. The van der Waals surface area contributed by atoms with E-state index in [1.54, 1.807) is 16.8 Å².